The van der Waals surface area contributed by atoms with E-state index >= 15 is 0 Å². The molecule has 0 radical (unpaired) electrons. The number of carbonyl (C=O) groups excluding carboxylic acids is 1. The smallest absolute Gasteiger partial charge is 0.360 e. The van der Waals surface area contributed by atoms with Gasteiger partial charge in [0.05, 0.1) is 6.61 Å². The number of ether oxygens (including phenoxy) is 1. The number of nitrogen functional groups attached to an aromatic ring is 1. The molecule has 0 spiro atoms. The lowest BCUT2D eigenvalue weighted by Crippen LogP contribution is -2.38. The molecule has 1 aromatic rings. The van der Waals surface area contributed by atoms with Crippen molar-refractivity contribution < 1.29 is 9.53 Å². The molecule has 1 aliphatic heterocycles. The molecule has 1 aromatic heterocycles. The molecule has 6 nitrogen and oxygen atoms in total. The molecule has 1 saturated heterocycles. The Bertz CT molecular complexity index is 498. The minimum atomic E-state index is -0.437. The molecule has 0 aliphatic carbocycles. The van der Waals surface area contributed by atoms with E-state index in [1.807, 2.05) is 11.5 Å². The van der Waals surface area contributed by atoms with E-state index in [2.05, 4.69) is 23.9 Å². The number of hydrogen-bond donors (Lipinski definition) is 1. The Morgan fingerprint density at radius 2 is 2.25 bits per heavy atom. The van der Waals surface area contributed by atoms with Crippen LogP contribution in [0.25, 0.3) is 0 Å². The molecule has 2 rings (SSSR count). The first kappa shape index (κ1) is 14.8. The lowest BCUT2D eigenvalue weighted by atomic mass is 9.98. The molecule has 112 valence electrons. The van der Waals surface area contributed by atoms with Crippen LogP contribution in [0.1, 0.15) is 49.0 Å². The monoisotopic (exact) mass is 280 g/mol. The van der Waals surface area contributed by atoms with Gasteiger partial charge in [0, 0.05) is 18.6 Å². The number of nitrogens with zero attached hydrogens (tertiary/aromatic N) is 3. The number of anilines is 1. The summed E-state index contributed by atoms with van der Waals surface area (Å²) < 4.78 is 7.00. The van der Waals surface area contributed by atoms with Crippen molar-refractivity contribution in [3.8, 4) is 0 Å². The van der Waals surface area contributed by atoms with Gasteiger partial charge in [-0.05, 0) is 40.7 Å². The van der Waals surface area contributed by atoms with Crippen molar-refractivity contribution in [3.05, 3.63) is 11.5 Å². The van der Waals surface area contributed by atoms with Crippen LogP contribution in [0, 0.1) is 6.92 Å². The summed E-state index contributed by atoms with van der Waals surface area (Å²) in [6.45, 7) is 7.23. The SMILES string of the molecule is CCOC(=O)c1nc(C)n(C2CCN(C)C(C)C2)c1N. The van der Waals surface area contributed by atoms with Crippen LogP contribution in [0.4, 0.5) is 5.82 Å². The second-order valence-electron chi connectivity index (χ2n) is 5.49. The molecule has 2 N–H and O–H groups in total. The van der Waals surface area contributed by atoms with Crippen molar-refractivity contribution >= 4 is 11.8 Å². The van der Waals surface area contributed by atoms with E-state index in [0.29, 0.717) is 24.5 Å². The van der Waals surface area contributed by atoms with E-state index in [-0.39, 0.29) is 5.69 Å². The van der Waals surface area contributed by atoms with Crippen LogP contribution < -0.4 is 5.73 Å². The van der Waals surface area contributed by atoms with E-state index < -0.39 is 5.97 Å². The minimum absolute atomic E-state index is 0.246. The number of imidazole rings is 1. The van der Waals surface area contributed by atoms with E-state index in [1.54, 1.807) is 6.92 Å². The molecule has 1 fully saturated rings. The molecule has 2 atom stereocenters. The number of carbonyl (C=O) groups is 1. The van der Waals surface area contributed by atoms with E-state index in [9.17, 15) is 4.79 Å². The molecule has 20 heavy (non-hydrogen) atoms. The summed E-state index contributed by atoms with van der Waals surface area (Å²) >= 11 is 0. The topological polar surface area (TPSA) is 73.4 Å². The first-order chi connectivity index (χ1) is 9.45. The maximum Gasteiger partial charge on any atom is 0.360 e. The Morgan fingerprint density at radius 3 is 2.85 bits per heavy atom. The van der Waals surface area contributed by atoms with Gasteiger partial charge in [-0.2, -0.15) is 0 Å². The Morgan fingerprint density at radius 1 is 1.55 bits per heavy atom. The summed E-state index contributed by atoms with van der Waals surface area (Å²) in [6, 6.07) is 0.804. The van der Waals surface area contributed by atoms with Gasteiger partial charge in [-0.25, -0.2) is 9.78 Å². The number of aryl methyl sites for hydroxylation is 1. The predicted octanol–water partition coefficient (Wildman–Crippen LogP) is 1.61. The van der Waals surface area contributed by atoms with Crippen molar-refractivity contribution in [2.24, 2.45) is 0 Å². The summed E-state index contributed by atoms with van der Waals surface area (Å²) in [5, 5.41) is 0. The number of rotatable bonds is 3. The summed E-state index contributed by atoms with van der Waals surface area (Å²) in [7, 11) is 2.13. The average molecular weight is 280 g/mol. The Labute approximate surface area is 119 Å². The molecule has 2 heterocycles. The summed E-state index contributed by atoms with van der Waals surface area (Å²) in [4.78, 5) is 18.5. The zero-order valence-corrected chi connectivity index (χ0v) is 12.7. The van der Waals surface area contributed by atoms with Gasteiger partial charge in [0.2, 0.25) is 0 Å². The molecule has 0 aromatic carbocycles. The number of nitrogens with two attached hydrogens (primary N) is 1. The number of piperidine rings is 1. The maximum atomic E-state index is 11.8. The first-order valence-electron chi connectivity index (χ1n) is 7.17. The molecular formula is C14H24N4O2. The Kier molecular flexibility index (Phi) is 4.32. The summed E-state index contributed by atoms with van der Waals surface area (Å²) in [5.41, 5.74) is 6.38. The zero-order valence-electron chi connectivity index (χ0n) is 12.7. The van der Waals surface area contributed by atoms with Gasteiger partial charge in [-0.1, -0.05) is 0 Å². The van der Waals surface area contributed by atoms with E-state index in [4.69, 9.17) is 10.5 Å². The lowest BCUT2D eigenvalue weighted by molar-refractivity contribution is 0.0521. The quantitative estimate of drug-likeness (QED) is 0.851. The highest BCUT2D eigenvalue weighted by molar-refractivity contribution is 5.92. The molecule has 0 amide bonds. The van der Waals surface area contributed by atoms with Gasteiger partial charge in [0.1, 0.15) is 11.6 Å². The van der Waals surface area contributed by atoms with Crippen LogP contribution >= 0.6 is 0 Å². The van der Waals surface area contributed by atoms with E-state index in [1.165, 1.54) is 0 Å². The van der Waals surface area contributed by atoms with Gasteiger partial charge >= 0.3 is 5.97 Å². The summed E-state index contributed by atoms with van der Waals surface area (Å²) in [5.74, 6) is 0.780. The minimum Gasteiger partial charge on any atom is -0.461 e. The Hall–Kier alpha value is -1.56. The highest BCUT2D eigenvalue weighted by Gasteiger charge is 2.29. The third-order valence-electron chi connectivity index (χ3n) is 4.14. The van der Waals surface area contributed by atoms with Crippen LogP contribution in [0.15, 0.2) is 0 Å². The highest BCUT2D eigenvalue weighted by Crippen LogP contribution is 2.31. The zero-order chi connectivity index (χ0) is 14.9. The largest absolute Gasteiger partial charge is 0.461 e. The van der Waals surface area contributed by atoms with Gasteiger partial charge in [-0.15, -0.1) is 0 Å². The molecule has 0 saturated carbocycles. The van der Waals surface area contributed by atoms with E-state index in [0.717, 1.165) is 25.2 Å². The fourth-order valence-corrected chi connectivity index (χ4v) is 2.87. The van der Waals surface area contributed by atoms with Crippen LogP contribution in [0.3, 0.4) is 0 Å². The van der Waals surface area contributed by atoms with Crippen molar-refractivity contribution in [3.63, 3.8) is 0 Å². The molecule has 0 bridgehead atoms. The standard InChI is InChI=1S/C14H24N4O2/c1-5-20-14(19)12-13(15)18(10(3)16-12)11-6-7-17(4)9(2)8-11/h9,11H,5-8,15H2,1-4H3. The molecular weight excluding hydrogens is 256 g/mol. The number of esters is 1. The van der Waals surface area contributed by atoms with Crippen molar-refractivity contribution in [1.82, 2.24) is 14.5 Å². The summed E-state index contributed by atoms with van der Waals surface area (Å²) in [6.07, 6.45) is 2.03. The van der Waals surface area contributed by atoms with Gasteiger partial charge in [0.25, 0.3) is 0 Å². The number of hydrogen-bond acceptors (Lipinski definition) is 5. The molecule has 1 aliphatic rings. The first-order valence-corrected chi connectivity index (χ1v) is 7.17. The van der Waals surface area contributed by atoms with Gasteiger partial charge in [0.15, 0.2) is 5.69 Å². The lowest BCUT2D eigenvalue weighted by Gasteiger charge is -2.36. The van der Waals surface area contributed by atoms with Crippen LogP contribution in [0.5, 0.6) is 0 Å². The van der Waals surface area contributed by atoms with Gasteiger partial charge in [-0.3, -0.25) is 0 Å². The molecule has 2 unspecified atom stereocenters. The predicted molar refractivity (Wildman–Crippen MR) is 77.7 cm³/mol. The van der Waals surface area contributed by atoms with Crippen LogP contribution in [-0.4, -0.2) is 46.7 Å². The third kappa shape index (κ3) is 2.65. The number of likely N-dealkylation sites (tertiary alicyclic amines) is 1. The van der Waals surface area contributed by atoms with Crippen molar-refractivity contribution in [2.75, 3.05) is 25.9 Å². The third-order valence-corrected chi connectivity index (χ3v) is 4.14. The number of aromatic nitrogens is 2. The fraction of sp³-hybridized carbons (Fsp3) is 0.714. The highest BCUT2D eigenvalue weighted by atomic mass is 16.5. The fourth-order valence-electron chi connectivity index (χ4n) is 2.87. The van der Waals surface area contributed by atoms with Crippen LogP contribution in [-0.2, 0) is 4.74 Å². The maximum absolute atomic E-state index is 11.8. The normalized spacial score (nSPS) is 23.8. The van der Waals surface area contributed by atoms with Crippen molar-refractivity contribution in [1.29, 1.82) is 0 Å². The Balaban J connectivity index is 2.26. The van der Waals surface area contributed by atoms with Gasteiger partial charge < -0.3 is 19.9 Å². The van der Waals surface area contributed by atoms with Crippen molar-refractivity contribution in [2.45, 2.75) is 45.7 Å². The van der Waals surface area contributed by atoms with Crippen LogP contribution in [0.2, 0.25) is 0 Å². The molecule has 6 heteroatoms. The second kappa shape index (κ2) is 5.83. The average Bonchev–Trinajstić information content (AvgIpc) is 2.69. The second-order valence-corrected chi connectivity index (χ2v) is 5.49.